The van der Waals surface area contributed by atoms with Gasteiger partial charge in [0.1, 0.15) is 0 Å². The molecule has 102 valence electrons. The van der Waals surface area contributed by atoms with Crippen molar-refractivity contribution >= 4 is 17.5 Å². The van der Waals surface area contributed by atoms with Crippen molar-refractivity contribution in [3.05, 3.63) is 70.7 Å². The molecule has 1 saturated carbocycles. The lowest BCUT2D eigenvalue weighted by Gasteiger charge is -2.17. The molecule has 1 N–H and O–H groups in total. The summed E-state index contributed by atoms with van der Waals surface area (Å²) in [7, 11) is 0. The first-order valence-corrected chi connectivity index (χ1v) is 7.17. The van der Waals surface area contributed by atoms with Gasteiger partial charge < -0.3 is 5.32 Å². The third kappa shape index (κ3) is 2.44. The van der Waals surface area contributed by atoms with Gasteiger partial charge in [-0.3, -0.25) is 4.79 Å². The van der Waals surface area contributed by atoms with Crippen molar-refractivity contribution in [2.75, 3.05) is 0 Å². The van der Waals surface area contributed by atoms with E-state index in [1.165, 1.54) is 0 Å². The number of hydrogen-bond acceptors (Lipinski definition) is 1. The largest absolute Gasteiger partial charge is 0.351 e. The summed E-state index contributed by atoms with van der Waals surface area (Å²) >= 11 is 6.23. The van der Waals surface area contributed by atoms with Crippen molar-refractivity contribution in [3.63, 3.8) is 0 Å². The van der Waals surface area contributed by atoms with E-state index >= 15 is 0 Å². The van der Waals surface area contributed by atoms with E-state index in [4.69, 9.17) is 11.6 Å². The van der Waals surface area contributed by atoms with Crippen LogP contribution in [0.5, 0.6) is 0 Å². The Bertz CT molecular complexity index is 620. The zero-order chi connectivity index (χ0) is 14.0. The van der Waals surface area contributed by atoms with E-state index in [1.807, 2.05) is 54.6 Å². The van der Waals surface area contributed by atoms with Gasteiger partial charge in [0.2, 0.25) is 5.91 Å². The number of rotatable bonds is 4. The average molecular weight is 286 g/mol. The second kappa shape index (κ2) is 5.29. The minimum absolute atomic E-state index is 0.0782. The third-order valence-electron chi connectivity index (χ3n) is 3.87. The molecule has 0 aromatic heterocycles. The van der Waals surface area contributed by atoms with E-state index in [9.17, 15) is 4.79 Å². The number of benzene rings is 2. The SMILES string of the molecule is O=C(NCc1ccccc1)C1(c2ccccc2Cl)CC1. The lowest BCUT2D eigenvalue weighted by molar-refractivity contribution is -0.123. The van der Waals surface area contributed by atoms with Crippen molar-refractivity contribution in [1.82, 2.24) is 5.32 Å². The first kappa shape index (κ1) is 13.2. The highest BCUT2D eigenvalue weighted by molar-refractivity contribution is 6.31. The molecular formula is C17H16ClNO. The zero-order valence-electron chi connectivity index (χ0n) is 11.1. The van der Waals surface area contributed by atoms with Gasteiger partial charge in [-0.05, 0) is 30.0 Å². The molecule has 0 bridgehead atoms. The Kier molecular flexibility index (Phi) is 3.49. The van der Waals surface area contributed by atoms with Gasteiger partial charge in [0.25, 0.3) is 0 Å². The number of carbonyl (C=O) groups excluding carboxylic acids is 1. The average Bonchev–Trinajstić information content (AvgIpc) is 3.28. The first-order valence-electron chi connectivity index (χ1n) is 6.80. The summed E-state index contributed by atoms with van der Waals surface area (Å²) in [4.78, 5) is 12.5. The topological polar surface area (TPSA) is 29.1 Å². The molecule has 1 fully saturated rings. The molecule has 0 saturated heterocycles. The van der Waals surface area contributed by atoms with Crippen molar-refractivity contribution in [2.24, 2.45) is 0 Å². The number of amides is 1. The minimum atomic E-state index is -0.410. The van der Waals surface area contributed by atoms with Gasteiger partial charge in [-0.25, -0.2) is 0 Å². The van der Waals surface area contributed by atoms with Gasteiger partial charge in [0.05, 0.1) is 5.41 Å². The summed E-state index contributed by atoms with van der Waals surface area (Å²) in [5, 5.41) is 3.71. The van der Waals surface area contributed by atoms with Crippen LogP contribution in [0.15, 0.2) is 54.6 Å². The molecule has 0 aliphatic heterocycles. The number of hydrogen-bond donors (Lipinski definition) is 1. The Morgan fingerprint density at radius 2 is 1.70 bits per heavy atom. The standard InChI is InChI=1S/C17H16ClNO/c18-15-9-5-4-8-14(15)17(10-11-17)16(20)19-12-13-6-2-1-3-7-13/h1-9H,10-12H2,(H,19,20). The fraction of sp³-hybridized carbons (Fsp3) is 0.235. The summed E-state index contributed by atoms with van der Waals surface area (Å²) in [5.74, 6) is 0.0782. The second-order valence-electron chi connectivity index (χ2n) is 5.23. The van der Waals surface area contributed by atoms with Crippen molar-refractivity contribution < 1.29 is 4.79 Å². The molecule has 2 aromatic rings. The van der Waals surface area contributed by atoms with Crippen LogP contribution in [0.3, 0.4) is 0 Å². The maximum Gasteiger partial charge on any atom is 0.230 e. The smallest absolute Gasteiger partial charge is 0.230 e. The van der Waals surface area contributed by atoms with Gasteiger partial charge in [0, 0.05) is 11.6 Å². The Balaban J connectivity index is 1.73. The van der Waals surface area contributed by atoms with Crippen LogP contribution >= 0.6 is 11.6 Å². The van der Waals surface area contributed by atoms with Gasteiger partial charge in [0.15, 0.2) is 0 Å². The van der Waals surface area contributed by atoms with Crippen LogP contribution in [-0.2, 0) is 16.8 Å². The molecule has 0 radical (unpaired) electrons. The molecule has 2 nitrogen and oxygen atoms in total. The molecule has 0 spiro atoms. The Morgan fingerprint density at radius 1 is 1.05 bits per heavy atom. The quantitative estimate of drug-likeness (QED) is 0.912. The van der Waals surface area contributed by atoms with Gasteiger partial charge in [-0.2, -0.15) is 0 Å². The molecular weight excluding hydrogens is 270 g/mol. The van der Waals surface area contributed by atoms with Gasteiger partial charge in [-0.15, -0.1) is 0 Å². The van der Waals surface area contributed by atoms with Crippen molar-refractivity contribution in [1.29, 1.82) is 0 Å². The fourth-order valence-corrected chi connectivity index (χ4v) is 2.86. The van der Waals surface area contributed by atoms with E-state index in [-0.39, 0.29) is 5.91 Å². The van der Waals surface area contributed by atoms with Crippen LogP contribution < -0.4 is 5.32 Å². The summed E-state index contributed by atoms with van der Waals surface area (Å²) in [5.41, 5.74) is 1.65. The minimum Gasteiger partial charge on any atom is -0.351 e. The maximum atomic E-state index is 12.5. The monoisotopic (exact) mass is 285 g/mol. The molecule has 0 atom stereocenters. The lowest BCUT2D eigenvalue weighted by Crippen LogP contribution is -2.34. The van der Waals surface area contributed by atoms with Crippen LogP contribution in [0.25, 0.3) is 0 Å². The van der Waals surface area contributed by atoms with Gasteiger partial charge >= 0.3 is 0 Å². The van der Waals surface area contributed by atoms with E-state index < -0.39 is 5.41 Å². The van der Waals surface area contributed by atoms with Crippen molar-refractivity contribution in [2.45, 2.75) is 24.8 Å². The molecule has 0 unspecified atom stereocenters. The normalized spacial score (nSPS) is 15.7. The van der Waals surface area contributed by atoms with Crippen LogP contribution in [0.2, 0.25) is 5.02 Å². The number of nitrogens with one attached hydrogen (secondary N) is 1. The summed E-state index contributed by atoms with van der Waals surface area (Å²) in [6.07, 6.45) is 1.74. The highest BCUT2D eigenvalue weighted by Gasteiger charge is 2.52. The van der Waals surface area contributed by atoms with Crippen LogP contribution in [0, 0.1) is 0 Å². The van der Waals surface area contributed by atoms with E-state index in [2.05, 4.69) is 5.32 Å². The van der Waals surface area contributed by atoms with Crippen LogP contribution in [0.1, 0.15) is 24.0 Å². The van der Waals surface area contributed by atoms with E-state index in [0.717, 1.165) is 24.0 Å². The predicted octanol–water partition coefficient (Wildman–Crippen LogP) is 3.69. The van der Waals surface area contributed by atoms with E-state index in [1.54, 1.807) is 0 Å². The van der Waals surface area contributed by atoms with Crippen LogP contribution in [0.4, 0.5) is 0 Å². The predicted molar refractivity (Wildman–Crippen MR) is 80.7 cm³/mol. The zero-order valence-corrected chi connectivity index (χ0v) is 11.9. The first-order chi connectivity index (χ1) is 9.72. The lowest BCUT2D eigenvalue weighted by atomic mass is 9.95. The Hall–Kier alpha value is -1.80. The Morgan fingerprint density at radius 3 is 2.35 bits per heavy atom. The summed E-state index contributed by atoms with van der Waals surface area (Å²) < 4.78 is 0. The molecule has 1 aliphatic carbocycles. The maximum absolute atomic E-state index is 12.5. The second-order valence-corrected chi connectivity index (χ2v) is 5.64. The highest BCUT2D eigenvalue weighted by Crippen LogP contribution is 2.50. The molecule has 3 heteroatoms. The Labute approximate surface area is 123 Å². The summed E-state index contributed by atoms with van der Waals surface area (Å²) in [6, 6.07) is 17.6. The van der Waals surface area contributed by atoms with Crippen molar-refractivity contribution in [3.8, 4) is 0 Å². The van der Waals surface area contributed by atoms with E-state index in [0.29, 0.717) is 11.6 Å². The van der Waals surface area contributed by atoms with Gasteiger partial charge in [-0.1, -0.05) is 60.1 Å². The third-order valence-corrected chi connectivity index (χ3v) is 4.20. The molecule has 3 rings (SSSR count). The number of carbonyl (C=O) groups is 1. The summed E-state index contributed by atoms with van der Waals surface area (Å²) in [6.45, 7) is 0.561. The molecule has 1 amide bonds. The molecule has 1 aliphatic rings. The number of halogens is 1. The molecule has 0 heterocycles. The molecule has 2 aromatic carbocycles. The van der Waals surface area contributed by atoms with Crippen LogP contribution in [-0.4, -0.2) is 5.91 Å². The highest BCUT2D eigenvalue weighted by atomic mass is 35.5. The molecule has 20 heavy (non-hydrogen) atoms. The fourth-order valence-electron chi connectivity index (χ4n) is 2.54.